The normalized spacial score (nSPS) is 17.9. The maximum Gasteiger partial charge on any atom is 0.431 e. The van der Waals surface area contributed by atoms with Crippen molar-refractivity contribution in [1.82, 2.24) is 10.3 Å². The number of benzene rings is 2. The van der Waals surface area contributed by atoms with Crippen molar-refractivity contribution < 1.29 is 22.2 Å². The maximum absolute atomic E-state index is 12.8. The lowest BCUT2D eigenvalue weighted by Crippen LogP contribution is -2.36. The SMILES string of the molecule is O=C(NC1c2ccccc2S(=O)c2ccccc21)c1ccc(C(F)(F)F)[nH]c1=O. The number of alkyl halides is 3. The minimum Gasteiger partial charge on any atom is -0.341 e. The first-order valence-electron chi connectivity index (χ1n) is 8.48. The molecule has 0 spiro atoms. The molecule has 3 aromatic rings. The van der Waals surface area contributed by atoms with Crippen molar-refractivity contribution in [2.24, 2.45) is 0 Å². The van der Waals surface area contributed by atoms with Crippen molar-refractivity contribution in [3.8, 4) is 0 Å². The molecule has 9 heteroatoms. The van der Waals surface area contributed by atoms with Crippen LogP contribution in [0.25, 0.3) is 0 Å². The summed E-state index contributed by atoms with van der Waals surface area (Å²) in [5.41, 5.74) is -1.62. The number of halogens is 3. The molecule has 0 radical (unpaired) electrons. The Morgan fingerprint density at radius 1 is 0.931 bits per heavy atom. The average molecular weight is 418 g/mol. The van der Waals surface area contributed by atoms with Crippen LogP contribution < -0.4 is 10.9 Å². The van der Waals surface area contributed by atoms with Crippen LogP contribution in [-0.2, 0) is 17.0 Å². The molecule has 0 bridgehead atoms. The minimum atomic E-state index is -4.72. The number of hydrogen-bond donors (Lipinski definition) is 2. The maximum atomic E-state index is 12.8. The molecule has 1 aliphatic rings. The highest BCUT2D eigenvalue weighted by molar-refractivity contribution is 7.85. The van der Waals surface area contributed by atoms with Crippen molar-refractivity contribution in [1.29, 1.82) is 0 Å². The van der Waals surface area contributed by atoms with Gasteiger partial charge < -0.3 is 10.3 Å². The number of amides is 1. The zero-order chi connectivity index (χ0) is 20.8. The molecule has 29 heavy (non-hydrogen) atoms. The van der Waals surface area contributed by atoms with Gasteiger partial charge in [-0.1, -0.05) is 36.4 Å². The van der Waals surface area contributed by atoms with E-state index in [-0.39, 0.29) is 0 Å². The number of fused-ring (bicyclic) bond motifs is 2. The summed E-state index contributed by atoms with van der Waals surface area (Å²) in [5, 5.41) is 2.69. The minimum absolute atomic E-state index is 0.445. The van der Waals surface area contributed by atoms with Gasteiger partial charge in [0.25, 0.3) is 11.5 Å². The molecule has 4 rings (SSSR count). The monoisotopic (exact) mass is 418 g/mol. The average Bonchev–Trinajstić information content (AvgIpc) is 2.70. The zero-order valence-electron chi connectivity index (χ0n) is 14.6. The van der Waals surface area contributed by atoms with Crippen LogP contribution in [0.1, 0.15) is 33.2 Å². The highest BCUT2D eigenvalue weighted by Crippen LogP contribution is 2.38. The Balaban J connectivity index is 1.74. The van der Waals surface area contributed by atoms with Gasteiger partial charge in [-0.3, -0.25) is 9.59 Å². The number of hydrogen-bond acceptors (Lipinski definition) is 3. The van der Waals surface area contributed by atoms with Crippen LogP contribution in [0.15, 0.2) is 75.2 Å². The number of pyridine rings is 1. The van der Waals surface area contributed by atoms with Crippen molar-refractivity contribution in [3.63, 3.8) is 0 Å². The molecule has 1 aromatic heterocycles. The van der Waals surface area contributed by atoms with E-state index in [1.165, 1.54) is 0 Å². The fourth-order valence-corrected chi connectivity index (χ4v) is 4.69. The molecule has 2 aromatic carbocycles. The number of aromatic nitrogens is 1. The Morgan fingerprint density at radius 2 is 1.48 bits per heavy atom. The Bertz CT molecular complexity index is 1150. The second kappa shape index (κ2) is 7.00. The second-order valence-corrected chi connectivity index (χ2v) is 7.78. The molecule has 148 valence electrons. The van der Waals surface area contributed by atoms with Gasteiger partial charge in [0.05, 0.1) is 16.8 Å². The quantitative estimate of drug-likeness (QED) is 0.670. The molecule has 0 unspecified atom stereocenters. The summed E-state index contributed by atoms with van der Waals surface area (Å²) in [4.78, 5) is 27.5. The summed E-state index contributed by atoms with van der Waals surface area (Å²) in [6.07, 6.45) is -4.72. The number of nitrogens with one attached hydrogen (secondary N) is 2. The molecular formula is C20H13F3N2O3S. The molecule has 0 aliphatic carbocycles. The summed E-state index contributed by atoms with van der Waals surface area (Å²) in [7, 11) is -1.43. The van der Waals surface area contributed by atoms with Crippen LogP contribution in [0.2, 0.25) is 0 Å². The largest absolute Gasteiger partial charge is 0.431 e. The number of rotatable bonds is 2. The van der Waals surface area contributed by atoms with Crippen LogP contribution in [0.4, 0.5) is 13.2 Å². The number of carbonyl (C=O) groups excluding carboxylic acids is 1. The van der Waals surface area contributed by atoms with Crippen molar-refractivity contribution in [2.75, 3.05) is 0 Å². The first-order chi connectivity index (χ1) is 13.8. The molecule has 0 saturated carbocycles. The molecule has 2 N–H and O–H groups in total. The van der Waals surface area contributed by atoms with E-state index < -0.39 is 45.7 Å². The Kier molecular flexibility index (Phi) is 4.62. The molecule has 5 nitrogen and oxygen atoms in total. The summed E-state index contributed by atoms with van der Waals surface area (Å²) >= 11 is 0. The van der Waals surface area contributed by atoms with Crippen LogP contribution in [0, 0.1) is 0 Å². The van der Waals surface area contributed by atoms with Crippen LogP contribution >= 0.6 is 0 Å². The Morgan fingerprint density at radius 3 is 2.00 bits per heavy atom. The predicted molar refractivity (Wildman–Crippen MR) is 98.9 cm³/mol. The van der Waals surface area contributed by atoms with Gasteiger partial charge in [0.2, 0.25) is 0 Å². The standard InChI is InChI=1S/C20H13F3N2O3S/c21-20(22,23)16-10-9-13(18(26)24-16)19(27)25-17-11-5-1-3-7-14(11)29(28)15-8-4-2-6-12(15)17/h1-10,17H,(H,24,26)(H,25,27). The van der Waals surface area contributed by atoms with Crippen LogP contribution in [0.5, 0.6) is 0 Å². The first-order valence-corrected chi connectivity index (χ1v) is 9.63. The van der Waals surface area contributed by atoms with Gasteiger partial charge >= 0.3 is 6.18 Å². The molecule has 0 saturated heterocycles. The molecule has 2 heterocycles. The smallest absolute Gasteiger partial charge is 0.341 e. The molecule has 0 atom stereocenters. The van der Waals surface area contributed by atoms with Gasteiger partial charge in [0.15, 0.2) is 0 Å². The molecule has 1 amide bonds. The summed E-state index contributed by atoms with van der Waals surface area (Å²) in [5.74, 6) is -0.831. The summed E-state index contributed by atoms with van der Waals surface area (Å²) in [6, 6.07) is 14.5. The van der Waals surface area contributed by atoms with Gasteiger partial charge in [0, 0.05) is 9.79 Å². The molecule has 0 fully saturated rings. The van der Waals surface area contributed by atoms with Crippen molar-refractivity contribution in [2.45, 2.75) is 22.0 Å². The van der Waals surface area contributed by atoms with E-state index in [0.29, 0.717) is 27.0 Å². The summed E-state index contributed by atoms with van der Waals surface area (Å²) in [6.45, 7) is 0. The lowest BCUT2D eigenvalue weighted by Gasteiger charge is -2.28. The highest BCUT2D eigenvalue weighted by Gasteiger charge is 2.34. The van der Waals surface area contributed by atoms with E-state index in [1.807, 2.05) is 0 Å². The van der Waals surface area contributed by atoms with Gasteiger partial charge in [-0.2, -0.15) is 13.2 Å². The Labute approximate surface area is 165 Å². The fourth-order valence-electron chi connectivity index (χ4n) is 3.24. The number of aromatic amines is 1. The lowest BCUT2D eigenvalue weighted by atomic mass is 9.97. The van der Waals surface area contributed by atoms with E-state index in [9.17, 15) is 27.0 Å². The van der Waals surface area contributed by atoms with E-state index >= 15 is 0 Å². The number of H-pyrrole nitrogens is 1. The third kappa shape index (κ3) is 3.38. The van der Waals surface area contributed by atoms with Gasteiger partial charge in [-0.15, -0.1) is 0 Å². The number of carbonyl (C=O) groups is 1. The third-order valence-electron chi connectivity index (χ3n) is 4.59. The van der Waals surface area contributed by atoms with E-state index in [2.05, 4.69) is 5.32 Å². The first kappa shape index (κ1) is 19.1. The van der Waals surface area contributed by atoms with Crippen LogP contribution in [-0.4, -0.2) is 15.1 Å². The van der Waals surface area contributed by atoms with E-state index in [4.69, 9.17) is 0 Å². The van der Waals surface area contributed by atoms with Gasteiger partial charge in [-0.05, 0) is 35.4 Å². The lowest BCUT2D eigenvalue weighted by molar-refractivity contribution is -0.141. The molecule has 1 aliphatic heterocycles. The van der Waals surface area contributed by atoms with Crippen molar-refractivity contribution >= 4 is 16.7 Å². The summed E-state index contributed by atoms with van der Waals surface area (Å²) < 4.78 is 51.1. The predicted octanol–water partition coefficient (Wildman–Crippen LogP) is 3.39. The zero-order valence-corrected chi connectivity index (χ0v) is 15.4. The second-order valence-electron chi connectivity index (χ2n) is 6.36. The van der Waals surface area contributed by atoms with Gasteiger partial charge in [-0.25, -0.2) is 4.21 Å². The highest BCUT2D eigenvalue weighted by atomic mass is 32.2. The van der Waals surface area contributed by atoms with E-state index in [0.717, 1.165) is 6.07 Å². The van der Waals surface area contributed by atoms with E-state index in [1.54, 1.807) is 53.5 Å². The van der Waals surface area contributed by atoms with Crippen LogP contribution in [0.3, 0.4) is 0 Å². The Hall–Kier alpha value is -3.20. The van der Waals surface area contributed by atoms with Gasteiger partial charge in [0.1, 0.15) is 11.3 Å². The third-order valence-corrected chi connectivity index (χ3v) is 6.14. The molecular weight excluding hydrogens is 405 g/mol. The fraction of sp³-hybridized carbons (Fsp3) is 0.100. The van der Waals surface area contributed by atoms with Crippen molar-refractivity contribution in [3.05, 3.63) is 93.4 Å². The topological polar surface area (TPSA) is 79.0 Å².